The van der Waals surface area contributed by atoms with Gasteiger partial charge in [-0.1, -0.05) is 39.3 Å². The second-order valence-corrected chi connectivity index (χ2v) is 15.9. The van der Waals surface area contributed by atoms with Crippen molar-refractivity contribution in [3.8, 4) is 0 Å². The third-order valence-corrected chi connectivity index (χ3v) is 6.18. The largest absolute Gasteiger partial charge is 0.412 e. The number of rotatable bonds is 3. The highest BCUT2D eigenvalue weighted by atomic mass is 28.3. The fourth-order valence-electron chi connectivity index (χ4n) is 1.59. The number of hydrogen-bond acceptors (Lipinski definition) is 4. The zero-order chi connectivity index (χ0) is 12.7. The first-order valence-corrected chi connectivity index (χ1v) is 12.2. The first-order chi connectivity index (χ1) is 7.05. The summed E-state index contributed by atoms with van der Waals surface area (Å²) in [4.78, 5) is 10.5. The molecule has 5 nitrogen and oxygen atoms in total. The van der Waals surface area contributed by atoms with Crippen LogP contribution < -0.4 is 10.6 Å². The number of hydrogen-bond donors (Lipinski definition) is 0. The van der Waals surface area contributed by atoms with Gasteiger partial charge in [0.2, 0.25) is 0 Å². The molecule has 1 heterocycles. The first-order valence-electron chi connectivity index (χ1n) is 5.20. The van der Waals surface area contributed by atoms with Crippen molar-refractivity contribution in [1.29, 1.82) is 0 Å². The Balaban J connectivity index is 3.50. The van der Waals surface area contributed by atoms with Gasteiger partial charge in [-0.05, 0) is 4.92 Å². The minimum atomic E-state index is -1.81. The number of nitrogens with zero attached hydrogens (tertiary/aromatic N) is 2. The zero-order valence-corrected chi connectivity index (χ0v) is 12.6. The molecule has 16 heavy (non-hydrogen) atoms. The SMILES string of the molecule is C[Si](C)(C)c1onc([N+](=O)[O-])c1[Si](C)(C)C. The Morgan fingerprint density at radius 2 is 1.62 bits per heavy atom. The molecule has 90 valence electrons. The van der Waals surface area contributed by atoms with Crippen molar-refractivity contribution in [3.05, 3.63) is 10.1 Å². The van der Waals surface area contributed by atoms with Gasteiger partial charge in [0.25, 0.3) is 0 Å². The van der Waals surface area contributed by atoms with Crippen molar-refractivity contribution >= 4 is 32.5 Å². The highest BCUT2D eigenvalue weighted by Crippen LogP contribution is 2.14. The molecule has 1 aromatic heterocycles. The van der Waals surface area contributed by atoms with Crippen LogP contribution in [0, 0.1) is 10.1 Å². The second-order valence-electron chi connectivity index (χ2n) is 5.97. The van der Waals surface area contributed by atoms with Gasteiger partial charge in [-0.15, -0.1) is 0 Å². The molecular formula is C9H18N2O3Si2. The standard InChI is InChI=1S/C9H18N2O3Si2/c1-15(2,3)7-8(11(12)13)10-14-9(7)16(4,5)6/h1-6H3. The van der Waals surface area contributed by atoms with Gasteiger partial charge in [0.05, 0.1) is 13.3 Å². The van der Waals surface area contributed by atoms with Crippen LogP contribution in [0.4, 0.5) is 5.82 Å². The Morgan fingerprint density at radius 1 is 1.12 bits per heavy atom. The van der Waals surface area contributed by atoms with E-state index in [-0.39, 0.29) is 5.82 Å². The molecule has 0 unspecified atom stereocenters. The van der Waals surface area contributed by atoms with Crippen LogP contribution in [0.15, 0.2) is 4.52 Å². The maximum absolute atomic E-state index is 10.9. The molecule has 0 aliphatic rings. The summed E-state index contributed by atoms with van der Waals surface area (Å²) in [6, 6.07) is 0. The summed E-state index contributed by atoms with van der Waals surface area (Å²) in [7, 11) is -3.52. The molecule has 0 aromatic carbocycles. The molecule has 0 radical (unpaired) electrons. The minimum absolute atomic E-state index is 0.0726. The molecule has 0 N–H and O–H groups in total. The monoisotopic (exact) mass is 258 g/mol. The van der Waals surface area contributed by atoms with Crippen molar-refractivity contribution in [3.63, 3.8) is 0 Å². The average molecular weight is 258 g/mol. The zero-order valence-electron chi connectivity index (χ0n) is 10.6. The quantitative estimate of drug-likeness (QED) is 0.470. The Kier molecular flexibility index (Phi) is 3.12. The van der Waals surface area contributed by atoms with Crippen LogP contribution in [0.2, 0.25) is 39.3 Å². The van der Waals surface area contributed by atoms with E-state index in [1.54, 1.807) is 0 Å². The van der Waals surface area contributed by atoms with Crippen LogP contribution in [0.25, 0.3) is 0 Å². The number of aromatic nitrogens is 1. The van der Waals surface area contributed by atoms with E-state index < -0.39 is 21.1 Å². The number of nitro groups is 1. The van der Waals surface area contributed by atoms with Crippen molar-refractivity contribution in [2.45, 2.75) is 39.3 Å². The van der Waals surface area contributed by atoms with Crippen LogP contribution in [0.5, 0.6) is 0 Å². The van der Waals surface area contributed by atoms with E-state index in [0.717, 1.165) is 10.6 Å². The van der Waals surface area contributed by atoms with Gasteiger partial charge < -0.3 is 10.1 Å². The topological polar surface area (TPSA) is 69.2 Å². The molecule has 0 atom stereocenters. The fourth-order valence-corrected chi connectivity index (χ4v) is 6.56. The Labute approximate surface area is 97.0 Å². The summed E-state index contributed by atoms with van der Waals surface area (Å²) >= 11 is 0. The molecule has 0 saturated carbocycles. The maximum Gasteiger partial charge on any atom is 0.412 e. The lowest BCUT2D eigenvalue weighted by molar-refractivity contribution is -0.389. The molecule has 0 aliphatic carbocycles. The Hall–Kier alpha value is -0.956. The summed E-state index contributed by atoms with van der Waals surface area (Å²) in [5.74, 6) is -0.0726. The van der Waals surface area contributed by atoms with Crippen LogP contribution in [0.3, 0.4) is 0 Å². The molecule has 7 heteroatoms. The molecule has 0 spiro atoms. The third kappa shape index (κ3) is 2.41. The molecule has 1 aromatic rings. The molecule has 0 bridgehead atoms. The van der Waals surface area contributed by atoms with Crippen molar-refractivity contribution in [1.82, 2.24) is 5.16 Å². The van der Waals surface area contributed by atoms with Gasteiger partial charge in [0.15, 0.2) is 5.16 Å². The van der Waals surface area contributed by atoms with Gasteiger partial charge in [0, 0.05) is 0 Å². The summed E-state index contributed by atoms with van der Waals surface area (Å²) in [6.07, 6.45) is 0. The summed E-state index contributed by atoms with van der Waals surface area (Å²) in [5.41, 5.74) is 0. The molecule has 0 fully saturated rings. The fraction of sp³-hybridized carbons (Fsp3) is 0.667. The van der Waals surface area contributed by atoms with E-state index in [1.165, 1.54) is 0 Å². The van der Waals surface area contributed by atoms with Crippen molar-refractivity contribution in [2.75, 3.05) is 0 Å². The highest BCUT2D eigenvalue weighted by Gasteiger charge is 2.40. The van der Waals surface area contributed by atoms with Gasteiger partial charge in [-0.3, -0.25) is 4.52 Å². The summed E-state index contributed by atoms with van der Waals surface area (Å²) in [5, 5.41) is 16.2. The van der Waals surface area contributed by atoms with Crippen LogP contribution in [0.1, 0.15) is 0 Å². The molecule has 0 saturated heterocycles. The van der Waals surface area contributed by atoms with Crippen LogP contribution in [-0.4, -0.2) is 26.2 Å². The third-order valence-electron chi connectivity index (χ3n) is 2.28. The lowest BCUT2D eigenvalue weighted by Crippen LogP contribution is -2.55. The lowest BCUT2D eigenvalue weighted by Gasteiger charge is -2.19. The van der Waals surface area contributed by atoms with Gasteiger partial charge in [-0.2, -0.15) is 0 Å². The molecule has 0 aliphatic heterocycles. The van der Waals surface area contributed by atoms with E-state index >= 15 is 0 Å². The Morgan fingerprint density at radius 3 is 1.94 bits per heavy atom. The predicted molar refractivity (Wildman–Crippen MR) is 69.1 cm³/mol. The van der Waals surface area contributed by atoms with Gasteiger partial charge >= 0.3 is 5.82 Å². The minimum Gasteiger partial charge on any atom is -0.358 e. The van der Waals surface area contributed by atoms with Crippen molar-refractivity contribution < 1.29 is 9.45 Å². The first kappa shape index (κ1) is 13.1. The highest BCUT2D eigenvalue weighted by molar-refractivity contribution is 6.98. The molecule has 1 rings (SSSR count). The smallest absolute Gasteiger partial charge is 0.358 e. The lowest BCUT2D eigenvalue weighted by atomic mass is 10.6. The van der Waals surface area contributed by atoms with Crippen molar-refractivity contribution in [2.24, 2.45) is 0 Å². The van der Waals surface area contributed by atoms with Crippen LogP contribution >= 0.6 is 0 Å². The van der Waals surface area contributed by atoms with Gasteiger partial charge in [0.1, 0.15) is 13.5 Å². The summed E-state index contributed by atoms with van der Waals surface area (Å²) in [6.45, 7) is 12.6. The van der Waals surface area contributed by atoms with E-state index in [0.29, 0.717) is 0 Å². The van der Waals surface area contributed by atoms with E-state index in [2.05, 4.69) is 44.4 Å². The van der Waals surface area contributed by atoms with E-state index in [1.807, 2.05) is 0 Å². The second kappa shape index (κ2) is 3.81. The van der Waals surface area contributed by atoms with Gasteiger partial charge in [-0.25, -0.2) is 0 Å². The average Bonchev–Trinajstić information content (AvgIpc) is 2.43. The normalized spacial score (nSPS) is 12.9. The summed E-state index contributed by atoms with van der Waals surface area (Å²) < 4.78 is 5.25. The Bertz CT molecular complexity index is 415. The van der Waals surface area contributed by atoms with E-state index in [9.17, 15) is 10.1 Å². The van der Waals surface area contributed by atoms with E-state index in [4.69, 9.17) is 4.52 Å². The maximum atomic E-state index is 10.9. The van der Waals surface area contributed by atoms with Crippen LogP contribution in [-0.2, 0) is 0 Å². The molecular weight excluding hydrogens is 240 g/mol. The predicted octanol–water partition coefficient (Wildman–Crippen LogP) is 1.67. The molecule has 0 amide bonds.